The first-order valence-electron chi connectivity index (χ1n) is 7.55. The minimum Gasteiger partial charge on any atom is -0.485 e. The average Bonchev–Trinajstić information content (AvgIpc) is 3.00. The molecule has 0 unspecified atom stereocenters. The third-order valence-electron chi connectivity index (χ3n) is 3.30. The SMILES string of the molecule is CC(=O)c1ccc(OCC(=O)c2ccc(CCNS(C)(=O)=O)s2)cc1. The molecular formula is C17H19NO5S2. The maximum Gasteiger partial charge on any atom is 0.210 e. The fraction of sp³-hybridized carbons (Fsp3) is 0.294. The molecule has 2 aromatic rings. The van der Waals surface area contributed by atoms with Crippen LogP contribution in [-0.4, -0.2) is 39.4 Å². The number of Topliss-reactive ketones (excluding diaryl/α,β-unsaturated/α-hetero) is 2. The van der Waals surface area contributed by atoms with Crippen molar-refractivity contribution in [2.24, 2.45) is 0 Å². The van der Waals surface area contributed by atoms with Crippen LogP contribution >= 0.6 is 11.3 Å². The number of ether oxygens (including phenoxy) is 1. The molecule has 0 fully saturated rings. The molecule has 1 aromatic carbocycles. The van der Waals surface area contributed by atoms with Crippen LogP contribution in [-0.2, 0) is 16.4 Å². The second kappa shape index (κ2) is 8.37. The van der Waals surface area contributed by atoms with Gasteiger partial charge < -0.3 is 4.74 Å². The van der Waals surface area contributed by atoms with Crippen molar-refractivity contribution >= 4 is 32.9 Å². The van der Waals surface area contributed by atoms with Gasteiger partial charge >= 0.3 is 0 Å². The van der Waals surface area contributed by atoms with Crippen LogP contribution in [0.5, 0.6) is 5.75 Å². The van der Waals surface area contributed by atoms with Gasteiger partial charge in [-0.25, -0.2) is 13.1 Å². The van der Waals surface area contributed by atoms with Gasteiger partial charge in [-0.1, -0.05) is 0 Å². The molecule has 0 spiro atoms. The zero-order valence-electron chi connectivity index (χ0n) is 13.9. The van der Waals surface area contributed by atoms with E-state index >= 15 is 0 Å². The molecule has 6 nitrogen and oxygen atoms in total. The van der Waals surface area contributed by atoms with E-state index in [1.165, 1.54) is 18.3 Å². The molecule has 0 saturated carbocycles. The lowest BCUT2D eigenvalue weighted by Gasteiger charge is -2.05. The maximum absolute atomic E-state index is 12.2. The Kier molecular flexibility index (Phi) is 6.46. The number of hydrogen-bond acceptors (Lipinski definition) is 6. The van der Waals surface area contributed by atoms with Crippen molar-refractivity contribution in [1.29, 1.82) is 0 Å². The standard InChI is InChI=1S/C17H19NO5S2/c1-12(19)13-3-5-14(6-4-13)23-11-16(20)17-8-7-15(24-17)9-10-18-25(2,21)22/h3-8,18H,9-11H2,1-2H3. The summed E-state index contributed by atoms with van der Waals surface area (Å²) in [6.45, 7) is 1.69. The van der Waals surface area contributed by atoms with E-state index in [-0.39, 0.29) is 18.2 Å². The Bertz CT molecular complexity index is 853. The summed E-state index contributed by atoms with van der Waals surface area (Å²) >= 11 is 1.32. The van der Waals surface area contributed by atoms with E-state index in [9.17, 15) is 18.0 Å². The first kappa shape index (κ1) is 19.3. The minimum absolute atomic E-state index is 0.0286. The smallest absolute Gasteiger partial charge is 0.210 e. The molecule has 0 atom stereocenters. The molecule has 0 aliphatic heterocycles. The van der Waals surface area contributed by atoms with E-state index in [1.807, 2.05) is 6.07 Å². The van der Waals surface area contributed by atoms with Crippen LogP contribution in [0.15, 0.2) is 36.4 Å². The third kappa shape index (κ3) is 6.41. The predicted molar refractivity (Wildman–Crippen MR) is 97.1 cm³/mol. The van der Waals surface area contributed by atoms with Crippen molar-refractivity contribution in [3.05, 3.63) is 51.7 Å². The van der Waals surface area contributed by atoms with Crippen molar-refractivity contribution in [1.82, 2.24) is 4.72 Å². The number of carbonyl (C=O) groups excluding carboxylic acids is 2. The monoisotopic (exact) mass is 381 g/mol. The van der Waals surface area contributed by atoms with Gasteiger partial charge in [-0.15, -0.1) is 11.3 Å². The van der Waals surface area contributed by atoms with Gasteiger partial charge in [0.15, 0.2) is 12.4 Å². The van der Waals surface area contributed by atoms with Crippen LogP contribution < -0.4 is 9.46 Å². The molecule has 1 heterocycles. The van der Waals surface area contributed by atoms with Crippen LogP contribution in [0.2, 0.25) is 0 Å². The fourth-order valence-electron chi connectivity index (χ4n) is 2.03. The van der Waals surface area contributed by atoms with Gasteiger partial charge in [-0.2, -0.15) is 0 Å². The summed E-state index contributed by atoms with van der Waals surface area (Å²) in [6, 6.07) is 10.1. The average molecular weight is 381 g/mol. The quantitative estimate of drug-likeness (QED) is 0.673. The number of sulfonamides is 1. The summed E-state index contributed by atoms with van der Waals surface area (Å²) in [5, 5.41) is 0. The Morgan fingerprint density at radius 1 is 1.12 bits per heavy atom. The Labute approximate surface area is 150 Å². The molecule has 1 aromatic heterocycles. The lowest BCUT2D eigenvalue weighted by Crippen LogP contribution is -2.24. The number of benzene rings is 1. The number of nitrogens with one attached hydrogen (secondary N) is 1. The highest BCUT2D eigenvalue weighted by Gasteiger charge is 2.11. The normalized spacial score (nSPS) is 11.3. The van der Waals surface area contributed by atoms with Crippen molar-refractivity contribution < 1.29 is 22.7 Å². The summed E-state index contributed by atoms with van der Waals surface area (Å²) in [4.78, 5) is 24.9. The molecule has 0 aliphatic carbocycles. The minimum atomic E-state index is -3.20. The third-order valence-corrected chi connectivity index (χ3v) is 5.22. The molecule has 0 radical (unpaired) electrons. The van der Waals surface area contributed by atoms with Crippen molar-refractivity contribution in [2.75, 3.05) is 19.4 Å². The van der Waals surface area contributed by atoms with Gasteiger partial charge in [0, 0.05) is 17.0 Å². The fourth-order valence-corrected chi connectivity index (χ4v) is 3.43. The zero-order valence-corrected chi connectivity index (χ0v) is 15.6. The second-order valence-electron chi connectivity index (χ2n) is 5.47. The summed E-state index contributed by atoms with van der Waals surface area (Å²) in [5.41, 5.74) is 0.587. The molecule has 0 amide bonds. The van der Waals surface area contributed by atoms with E-state index < -0.39 is 10.0 Å². The number of rotatable bonds is 9. The van der Waals surface area contributed by atoms with Gasteiger partial charge in [0.1, 0.15) is 5.75 Å². The summed E-state index contributed by atoms with van der Waals surface area (Å²) in [5.74, 6) is 0.342. The zero-order chi connectivity index (χ0) is 18.4. The highest BCUT2D eigenvalue weighted by atomic mass is 32.2. The largest absolute Gasteiger partial charge is 0.485 e. The summed E-state index contributed by atoms with van der Waals surface area (Å²) in [7, 11) is -3.20. The topological polar surface area (TPSA) is 89.5 Å². The lowest BCUT2D eigenvalue weighted by atomic mass is 10.1. The molecule has 0 aliphatic rings. The van der Waals surface area contributed by atoms with Crippen molar-refractivity contribution in [3.8, 4) is 5.75 Å². The highest BCUT2D eigenvalue weighted by Crippen LogP contribution is 2.19. The summed E-state index contributed by atoms with van der Waals surface area (Å²) < 4.78 is 29.9. The highest BCUT2D eigenvalue weighted by molar-refractivity contribution is 7.88. The molecule has 0 saturated heterocycles. The molecule has 8 heteroatoms. The van der Waals surface area contributed by atoms with Crippen LogP contribution in [0.25, 0.3) is 0 Å². The molecule has 0 bridgehead atoms. The van der Waals surface area contributed by atoms with Crippen molar-refractivity contribution in [2.45, 2.75) is 13.3 Å². The van der Waals surface area contributed by atoms with E-state index in [2.05, 4.69) is 4.72 Å². The van der Waals surface area contributed by atoms with Gasteiger partial charge in [0.25, 0.3) is 0 Å². The Balaban J connectivity index is 1.85. The van der Waals surface area contributed by atoms with Gasteiger partial charge in [-0.05, 0) is 49.7 Å². The van der Waals surface area contributed by atoms with E-state index in [0.717, 1.165) is 11.1 Å². The second-order valence-corrected chi connectivity index (χ2v) is 8.48. The first-order chi connectivity index (χ1) is 11.7. The molecule has 134 valence electrons. The molecular weight excluding hydrogens is 362 g/mol. The first-order valence-corrected chi connectivity index (χ1v) is 10.3. The van der Waals surface area contributed by atoms with Gasteiger partial charge in [-0.3, -0.25) is 9.59 Å². The number of hydrogen-bond donors (Lipinski definition) is 1. The molecule has 1 N–H and O–H groups in total. The Morgan fingerprint density at radius 3 is 2.40 bits per heavy atom. The number of ketones is 2. The lowest BCUT2D eigenvalue weighted by molar-refractivity contribution is 0.0924. The molecule has 2 rings (SSSR count). The number of carbonyl (C=O) groups is 2. The van der Waals surface area contributed by atoms with E-state index in [0.29, 0.717) is 29.2 Å². The molecule has 25 heavy (non-hydrogen) atoms. The van der Waals surface area contributed by atoms with E-state index in [4.69, 9.17) is 4.74 Å². The Hall–Kier alpha value is -2.03. The van der Waals surface area contributed by atoms with Crippen LogP contribution in [0, 0.1) is 0 Å². The number of thiophene rings is 1. The van der Waals surface area contributed by atoms with Crippen LogP contribution in [0.4, 0.5) is 0 Å². The summed E-state index contributed by atoms with van der Waals surface area (Å²) in [6.07, 6.45) is 1.63. The van der Waals surface area contributed by atoms with Crippen LogP contribution in [0.3, 0.4) is 0 Å². The maximum atomic E-state index is 12.2. The van der Waals surface area contributed by atoms with Crippen LogP contribution in [0.1, 0.15) is 31.8 Å². The Morgan fingerprint density at radius 2 is 1.80 bits per heavy atom. The van der Waals surface area contributed by atoms with E-state index in [1.54, 1.807) is 30.3 Å². The van der Waals surface area contributed by atoms with Gasteiger partial charge in [0.05, 0.1) is 11.1 Å². The predicted octanol–water partition coefficient (Wildman–Crippen LogP) is 2.30. The van der Waals surface area contributed by atoms with Crippen molar-refractivity contribution in [3.63, 3.8) is 0 Å². The van der Waals surface area contributed by atoms with Gasteiger partial charge in [0.2, 0.25) is 15.8 Å².